The van der Waals surface area contributed by atoms with Gasteiger partial charge in [-0.15, -0.1) is 0 Å². The van der Waals surface area contributed by atoms with Crippen molar-refractivity contribution in [3.8, 4) is 0 Å². The molecule has 1 saturated carbocycles. The fourth-order valence-electron chi connectivity index (χ4n) is 3.12. The molecule has 3 heteroatoms. The SMILES string of the molecule is CN(C1CCCC1)C(C)(CN)Cc1ccc(F)cc1. The standard InChI is InChI=1S/C16H25FN2/c1-16(12-18,19(2)15-5-3-4-6-15)11-13-7-9-14(17)10-8-13/h7-10,15H,3-6,11-12,18H2,1-2H3. The fourth-order valence-corrected chi connectivity index (χ4v) is 3.12. The second kappa shape index (κ2) is 6.02. The Morgan fingerprint density at radius 3 is 2.37 bits per heavy atom. The highest BCUT2D eigenvalue weighted by Crippen LogP contribution is 2.29. The average Bonchev–Trinajstić information content (AvgIpc) is 2.94. The molecule has 1 aliphatic rings. The quantitative estimate of drug-likeness (QED) is 0.886. The van der Waals surface area contributed by atoms with Crippen molar-refractivity contribution >= 4 is 0 Å². The van der Waals surface area contributed by atoms with Crippen molar-refractivity contribution in [2.24, 2.45) is 5.73 Å². The topological polar surface area (TPSA) is 29.3 Å². The molecule has 1 aromatic rings. The molecule has 1 aromatic carbocycles. The van der Waals surface area contributed by atoms with Gasteiger partial charge in [0.1, 0.15) is 5.82 Å². The van der Waals surface area contributed by atoms with E-state index in [2.05, 4.69) is 18.9 Å². The Kier molecular flexibility index (Phi) is 4.58. The van der Waals surface area contributed by atoms with Crippen LogP contribution in [-0.4, -0.2) is 30.1 Å². The van der Waals surface area contributed by atoms with Crippen molar-refractivity contribution in [2.75, 3.05) is 13.6 Å². The first-order valence-corrected chi connectivity index (χ1v) is 7.22. The van der Waals surface area contributed by atoms with Crippen LogP contribution in [0.2, 0.25) is 0 Å². The summed E-state index contributed by atoms with van der Waals surface area (Å²) >= 11 is 0. The van der Waals surface area contributed by atoms with Crippen LogP contribution in [0.3, 0.4) is 0 Å². The Bertz CT molecular complexity index is 398. The van der Waals surface area contributed by atoms with Crippen molar-refractivity contribution in [1.29, 1.82) is 0 Å². The Balaban J connectivity index is 2.10. The highest BCUT2D eigenvalue weighted by Gasteiger charge is 2.34. The predicted molar refractivity (Wildman–Crippen MR) is 77.6 cm³/mol. The number of rotatable bonds is 5. The summed E-state index contributed by atoms with van der Waals surface area (Å²) in [7, 11) is 2.19. The van der Waals surface area contributed by atoms with Gasteiger partial charge < -0.3 is 5.73 Å². The summed E-state index contributed by atoms with van der Waals surface area (Å²) < 4.78 is 13.0. The second-order valence-corrected chi connectivity index (χ2v) is 6.05. The normalized spacial score (nSPS) is 19.8. The van der Waals surface area contributed by atoms with Crippen molar-refractivity contribution in [3.63, 3.8) is 0 Å². The summed E-state index contributed by atoms with van der Waals surface area (Å²) in [6.07, 6.45) is 6.07. The molecular weight excluding hydrogens is 239 g/mol. The van der Waals surface area contributed by atoms with Gasteiger partial charge in [0.05, 0.1) is 0 Å². The lowest BCUT2D eigenvalue weighted by atomic mass is 9.89. The molecule has 1 fully saturated rings. The van der Waals surface area contributed by atoms with Gasteiger partial charge >= 0.3 is 0 Å². The molecule has 1 atom stereocenters. The molecule has 0 heterocycles. The number of benzene rings is 1. The molecule has 2 N–H and O–H groups in total. The van der Waals surface area contributed by atoms with E-state index in [1.165, 1.54) is 37.8 Å². The molecule has 1 aliphatic carbocycles. The van der Waals surface area contributed by atoms with E-state index in [1.807, 2.05) is 12.1 Å². The lowest BCUT2D eigenvalue weighted by Gasteiger charge is -2.42. The zero-order valence-electron chi connectivity index (χ0n) is 12.0. The van der Waals surface area contributed by atoms with Gasteiger partial charge in [-0.25, -0.2) is 4.39 Å². The minimum absolute atomic E-state index is 0.0488. The maximum absolute atomic E-state index is 13.0. The van der Waals surface area contributed by atoms with Gasteiger partial charge in [0.2, 0.25) is 0 Å². The van der Waals surface area contributed by atoms with E-state index < -0.39 is 0 Å². The highest BCUT2D eigenvalue weighted by atomic mass is 19.1. The third-order valence-corrected chi connectivity index (χ3v) is 4.66. The van der Waals surface area contributed by atoms with E-state index in [9.17, 15) is 4.39 Å². The van der Waals surface area contributed by atoms with Crippen LogP contribution in [0, 0.1) is 5.82 Å². The molecule has 0 aromatic heterocycles. The van der Waals surface area contributed by atoms with Gasteiger partial charge in [0.25, 0.3) is 0 Å². The second-order valence-electron chi connectivity index (χ2n) is 6.05. The number of likely N-dealkylation sites (N-methyl/N-ethyl adjacent to an activating group) is 1. The fraction of sp³-hybridized carbons (Fsp3) is 0.625. The molecule has 0 amide bonds. The predicted octanol–water partition coefficient (Wildman–Crippen LogP) is 2.96. The molecule has 2 rings (SSSR count). The number of halogens is 1. The van der Waals surface area contributed by atoms with E-state index in [0.717, 1.165) is 12.0 Å². The number of hydrogen-bond donors (Lipinski definition) is 1. The van der Waals surface area contributed by atoms with Crippen LogP contribution in [0.5, 0.6) is 0 Å². The van der Waals surface area contributed by atoms with Crippen molar-refractivity contribution in [2.45, 2.75) is 50.6 Å². The smallest absolute Gasteiger partial charge is 0.123 e. The molecule has 0 aliphatic heterocycles. The van der Waals surface area contributed by atoms with Gasteiger partial charge in [0.15, 0.2) is 0 Å². The van der Waals surface area contributed by atoms with Crippen LogP contribution in [-0.2, 0) is 6.42 Å². The Labute approximate surface area is 115 Å². The van der Waals surface area contributed by atoms with Gasteiger partial charge in [-0.1, -0.05) is 25.0 Å². The maximum Gasteiger partial charge on any atom is 0.123 e. The van der Waals surface area contributed by atoms with Crippen molar-refractivity contribution < 1.29 is 4.39 Å². The van der Waals surface area contributed by atoms with Crippen molar-refractivity contribution in [1.82, 2.24) is 4.90 Å². The van der Waals surface area contributed by atoms with Crippen LogP contribution >= 0.6 is 0 Å². The van der Waals surface area contributed by atoms with E-state index >= 15 is 0 Å². The number of nitrogens with zero attached hydrogens (tertiary/aromatic N) is 1. The Morgan fingerprint density at radius 2 is 1.84 bits per heavy atom. The number of nitrogens with two attached hydrogens (primary N) is 1. The zero-order valence-corrected chi connectivity index (χ0v) is 12.0. The lowest BCUT2D eigenvalue weighted by Crippen LogP contribution is -2.54. The lowest BCUT2D eigenvalue weighted by molar-refractivity contribution is 0.0943. The van der Waals surface area contributed by atoms with E-state index in [-0.39, 0.29) is 11.4 Å². The minimum Gasteiger partial charge on any atom is -0.329 e. The molecule has 19 heavy (non-hydrogen) atoms. The third kappa shape index (κ3) is 3.34. The molecule has 106 valence electrons. The molecule has 0 spiro atoms. The monoisotopic (exact) mass is 264 g/mol. The van der Waals surface area contributed by atoms with Crippen molar-refractivity contribution in [3.05, 3.63) is 35.6 Å². The average molecular weight is 264 g/mol. The van der Waals surface area contributed by atoms with E-state index in [0.29, 0.717) is 12.6 Å². The molecule has 1 unspecified atom stereocenters. The minimum atomic E-state index is -0.178. The van der Waals surface area contributed by atoms with Crippen LogP contribution < -0.4 is 5.73 Å². The first-order valence-electron chi connectivity index (χ1n) is 7.22. The van der Waals surface area contributed by atoms with Gasteiger partial charge in [-0.2, -0.15) is 0 Å². The summed E-state index contributed by atoms with van der Waals surface area (Å²) in [4.78, 5) is 2.45. The van der Waals surface area contributed by atoms with Crippen LogP contribution in [0.15, 0.2) is 24.3 Å². The summed E-state index contributed by atoms with van der Waals surface area (Å²) in [5.74, 6) is -0.178. The maximum atomic E-state index is 13.0. The first kappa shape index (κ1) is 14.5. The molecule has 0 saturated heterocycles. The van der Waals surface area contributed by atoms with Crippen LogP contribution in [0.4, 0.5) is 4.39 Å². The molecular formula is C16H25FN2. The van der Waals surface area contributed by atoms with Gasteiger partial charge in [-0.05, 0) is 50.9 Å². The largest absolute Gasteiger partial charge is 0.329 e. The number of hydrogen-bond acceptors (Lipinski definition) is 2. The summed E-state index contributed by atoms with van der Waals surface area (Å²) in [5.41, 5.74) is 7.14. The first-order chi connectivity index (χ1) is 9.05. The van der Waals surface area contributed by atoms with Crippen LogP contribution in [0.1, 0.15) is 38.2 Å². The zero-order chi connectivity index (χ0) is 13.9. The Morgan fingerprint density at radius 1 is 1.26 bits per heavy atom. The van der Waals surface area contributed by atoms with Gasteiger partial charge in [-0.3, -0.25) is 4.90 Å². The summed E-state index contributed by atoms with van der Waals surface area (Å²) in [6, 6.07) is 7.44. The van der Waals surface area contributed by atoms with E-state index in [1.54, 1.807) is 0 Å². The summed E-state index contributed by atoms with van der Waals surface area (Å²) in [6.45, 7) is 2.84. The highest BCUT2D eigenvalue weighted by molar-refractivity contribution is 5.19. The molecule has 0 radical (unpaired) electrons. The van der Waals surface area contributed by atoms with Gasteiger partial charge in [0, 0.05) is 18.1 Å². The molecule has 0 bridgehead atoms. The summed E-state index contributed by atoms with van der Waals surface area (Å²) in [5, 5.41) is 0. The van der Waals surface area contributed by atoms with E-state index in [4.69, 9.17) is 5.73 Å². The third-order valence-electron chi connectivity index (χ3n) is 4.66. The Hall–Kier alpha value is -0.930. The molecule has 2 nitrogen and oxygen atoms in total. The van der Waals surface area contributed by atoms with Crippen LogP contribution in [0.25, 0.3) is 0 Å².